The third-order valence-electron chi connectivity index (χ3n) is 4.77. The Labute approximate surface area is 190 Å². The second kappa shape index (κ2) is 10.9. The van der Waals surface area contributed by atoms with Gasteiger partial charge in [-0.1, -0.05) is 24.3 Å². The van der Waals surface area contributed by atoms with Crippen LogP contribution in [0.15, 0.2) is 60.7 Å². The number of ether oxygens (including phenoxy) is 5. The van der Waals surface area contributed by atoms with Crippen molar-refractivity contribution < 1.29 is 33.4 Å². The van der Waals surface area contributed by atoms with Gasteiger partial charge in [0.1, 0.15) is 30.3 Å². The van der Waals surface area contributed by atoms with E-state index in [0.29, 0.717) is 11.5 Å². The summed E-state index contributed by atoms with van der Waals surface area (Å²) in [6.07, 6.45) is 0. The molecule has 0 N–H and O–H groups in total. The molecule has 0 bridgehead atoms. The van der Waals surface area contributed by atoms with Gasteiger partial charge < -0.3 is 23.7 Å². The van der Waals surface area contributed by atoms with E-state index in [2.05, 4.69) is 0 Å². The quantitative estimate of drug-likeness (QED) is 0.250. The Kier molecular flexibility index (Phi) is 7.69. The second-order valence-corrected chi connectivity index (χ2v) is 6.84. The standard InChI is InChI=1S/C24H23NO8/c1-29-18-8-4-16(5-9-18)14-32-22-12-20(24(26)31-3)21(25(27)28)13-23(22)33-15-17-6-10-19(30-2)11-7-17/h4-13H,14-15H2,1-3H3. The molecule has 33 heavy (non-hydrogen) atoms. The lowest BCUT2D eigenvalue weighted by Crippen LogP contribution is -2.08. The third-order valence-corrected chi connectivity index (χ3v) is 4.77. The highest BCUT2D eigenvalue weighted by Gasteiger charge is 2.25. The molecule has 0 aromatic heterocycles. The van der Waals surface area contributed by atoms with Gasteiger partial charge in [0, 0.05) is 6.07 Å². The highest BCUT2D eigenvalue weighted by atomic mass is 16.6. The van der Waals surface area contributed by atoms with Crippen LogP contribution in [0.25, 0.3) is 0 Å². The second-order valence-electron chi connectivity index (χ2n) is 6.84. The number of nitro groups is 1. The number of methoxy groups -OCH3 is 3. The predicted octanol–water partition coefficient (Wildman–Crippen LogP) is 4.56. The van der Waals surface area contributed by atoms with Crippen LogP contribution in [0.5, 0.6) is 23.0 Å². The molecule has 0 aliphatic rings. The van der Waals surface area contributed by atoms with Gasteiger partial charge in [-0.2, -0.15) is 0 Å². The van der Waals surface area contributed by atoms with Gasteiger partial charge in [0.05, 0.1) is 32.3 Å². The van der Waals surface area contributed by atoms with Crippen molar-refractivity contribution in [2.45, 2.75) is 13.2 Å². The number of nitro benzene ring substituents is 1. The van der Waals surface area contributed by atoms with Crippen molar-refractivity contribution in [3.63, 3.8) is 0 Å². The van der Waals surface area contributed by atoms with Crippen molar-refractivity contribution in [3.8, 4) is 23.0 Å². The average Bonchev–Trinajstić information content (AvgIpc) is 2.86. The molecule has 0 saturated carbocycles. The SMILES string of the molecule is COC(=O)c1cc(OCc2ccc(OC)cc2)c(OCc2ccc(OC)cc2)cc1[N+](=O)[O-]. The highest BCUT2D eigenvalue weighted by molar-refractivity contribution is 5.95. The normalized spacial score (nSPS) is 10.3. The molecular weight excluding hydrogens is 430 g/mol. The predicted molar refractivity (Wildman–Crippen MR) is 119 cm³/mol. The lowest BCUT2D eigenvalue weighted by Gasteiger charge is -2.15. The van der Waals surface area contributed by atoms with Gasteiger partial charge in [-0.3, -0.25) is 10.1 Å². The zero-order valence-electron chi connectivity index (χ0n) is 18.4. The Bertz CT molecular complexity index is 1110. The number of carbonyl (C=O) groups excluding carboxylic acids is 1. The van der Waals surface area contributed by atoms with E-state index in [1.807, 2.05) is 24.3 Å². The van der Waals surface area contributed by atoms with Crippen molar-refractivity contribution >= 4 is 11.7 Å². The van der Waals surface area contributed by atoms with Gasteiger partial charge in [0.15, 0.2) is 11.5 Å². The van der Waals surface area contributed by atoms with E-state index in [4.69, 9.17) is 23.7 Å². The van der Waals surface area contributed by atoms with Gasteiger partial charge in [-0.05, 0) is 35.4 Å². The van der Waals surface area contributed by atoms with E-state index in [0.717, 1.165) is 18.2 Å². The van der Waals surface area contributed by atoms with Crippen LogP contribution in [-0.2, 0) is 18.0 Å². The molecule has 0 radical (unpaired) electrons. The Morgan fingerprint density at radius 1 is 0.788 bits per heavy atom. The number of rotatable bonds is 10. The molecule has 0 heterocycles. The molecule has 9 heteroatoms. The molecular formula is C24H23NO8. The van der Waals surface area contributed by atoms with E-state index in [1.54, 1.807) is 38.5 Å². The number of hydrogen-bond acceptors (Lipinski definition) is 8. The minimum absolute atomic E-state index is 0.123. The Morgan fingerprint density at radius 2 is 1.24 bits per heavy atom. The topological polar surface area (TPSA) is 106 Å². The third kappa shape index (κ3) is 5.91. The summed E-state index contributed by atoms with van der Waals surface area (Å²) >= 11 is 0. The summed E-state index contributed by atoms with van der Waals surface area (Å²) in [5.41, 5.74) is 0.971. The fraction of sp³-hybridized carbons (Fsp3) is 0.208. The van der Waals surface area contributed by atoms with E-state index in [1.165, 1.54) is 12.1 Å². The van der Waals surface area contributed by atoms with Crippen molar-refractivity contribution in [3.05, 3.63) is 87.5 Å². The largest absolute Gasteiger partial charge is 0.497 e. The molecule has 0 spiro atoms. The van der Waals surface area contributed by atoms with Crippen LogP contribution in [0.3, 0.4) is 0 Å². The lowest BCUT2D eigenvalue weighted by atomic mass is 10.1. The first kappa shape index (κ1) is 23.4. The van der Waals surface area contributed by atoms with Gasteiger partial charge in [-0.15, -0.1) is 0 Å². The molecule has 0 aliphatic heterocycles. The van der Waals surface area contributed by atoms with Crippen LogP contribution in [0.1, 0.15) is 21.5 Å². The molecule has 172 valence electrons. The summed E-state index contributed by atoms with van der Waals surface area (Å²) in [6.45, 7) is 0.263. The first-order valence-electron chi connectivity index (χ1n) is 9.87. The van der Waals surface area contributed by atoms with Crippen LogP contribution in [0, 0.1) is 10.1 Å². The number of esters is 1. The number of carbonyl (C=O) groups is 1. The lowest BCUT2D eigenvalue weighted by molar-refractivity contribution is -0.385. The van der Waals surface area contributed by atoms with Crippen molar-refractivity contribution in [1.82, 2.24) is 0 Å². The smallest absolute Gasteiger partial charge is 0.345 e. The zero-order valence-corrected chi connectivity index (χ0v) is 18.4. The van der Waals surface area contributed by atoms with Crippen LogP contribution in [0.4, 0.5) is 5.69 Å². The number of nitrogens with zero attached hydrogens (tertiary/aromatic N) is 1. The summed E-state index contributed by atoms with van der Waals surface area (Å²) in [5, 5.41) is 11.6. The Balaban J connectivity index is 1.90. The van der Waals surface area contributed by atoms with Gasteiger partial charge in [-0.25, -0.2) is 4.79 Å². The van der Waals surface area contributed by atoms with Gasteiger partial charge in [0.25, 0.3) is 5.69 Å². The number of benzene rings is 3. The van der Waals surface area contributed by atoms with Crippen molar-refractivity contribution in [2.75, 3.05) is 21.3 Å². The maximum Gasteiger partial charge on any atom is 0.345 e. The van der Waals surface area contributed by atoms with Crippen LogP contribution in [-0.4, -0.2) is 32.2 Å². The van der Waals surface area contributed by atoms with Crippen molar-refractivity contribution in [2.24, 2.45) is 0 Å². The molecule has 3 rings (SSSR count). The fourth-order valence-corrected chi connectivity index (χ4v) is 2.97. The summed E-state index contributed by atoms with van der Waals surface area (Å²) in [6, 6.07) is 16.8. The van der Waals surface area contributed by atoms with Crippen LogP contribution >= 0.6 is 0 Å². The Morgan fingerprint density at radius 3 is 1.64 bits per heavy atom. The zero-order chi connectivity index (χ0) is 23.8. The van der Waals surface area contributed by atoms with Gasteiger partial charge >= 0.3 is 5.97 Å². The van der Waals surface area contributed by atoms with E-state index in [9.17, 15) is 14.9 Å². The van der Waals surface area contributed by atoms with E-state index in [-0.39, 0.29) is 30.3 Å². The molecule has 9 nitrogen and oxygen atoms in total. The van der Waals surface area contributed by atoms with Gasteiger partial charge in [0.2, 0.25) is 0 Å². The Hall–Kier alpha value is -4.27. The first-order valence-corrected chi connectivity index (χ1v) is 9.87. The summed E-state index contributed by atoms with van der Waals surface area (Å²) in [5.74, 6) is 0.840. The molecule has 0 unspecified atom stereocenters. The molecule has 3 aromatic carbocycles. The molecule has 0 fully saturated rings. The fourth-order valence-electron chi connectivity index (χ4n) is 2.97. The first-order chi connectivity index (χ1) is 15.9. The monoisotopic (exact) mass is 453 g/mol. The summed E-state index contributed by atoms with van der Waals surface area (Å²) in [7, 11) is 4.29. The average molecular weight is 453 g/mol. The van der Waals surface area contributed by atoms with Crippen LogP contribution < -0.4 is 18.9 Å². The van der Waals surface area contributed by atoms with E-state index < -0.39 is 16.6 Å². The summed E-state index contributed by atoms with van der Waals surface area (Å²) in [4.78, 5) is 23.0. The minimum atomic E-state index is -0.849. The molecule has 0 atom stereocenters. The van der Waals surface area contributed by atoms with E-state index >= 15 is 0 Å². The maximum atomic E-state index is 12.1. The minimum Gasteiger partial charge on any atom is -0.497 e. The molecule has 0 saturated heterocycles. The molecule has 3 aromatic rings. The van der Waals surface area contributed by atoms with Crippen LogP contribution in [0.2, 0.25) is 0 Å². The number of hydrogen-bond donors (Lipinski definition) is 0. The molecule has 0 amide bonds. The maximum absolute atomic E-state index is 12.1. The highest BCUT2D eigenvalue weighted by Crippen LogP contribution is 2.36. The summed E-state index contributed by atoms with van der Waals surface area (Å²) < 4.78 is 26.7. The molecule has 0 aliphatic carbocycles. The van der Waals surface area contributed by atoms with Crippen molar-refractivity contribution in [1.29, 1.82) is 0 Å².